The first kappa shape index (κ1) is 10.9. The van der Waals surface area contributed by atoms with Crippen LogP contribution < -0.4 is 4.90 Å². The molecule has 82 valence electrons. The van der Waals surface area contributed by atoms with Crippen LogP contribution in [-0.4, -0.2) is 18.1 Å². The smallest absolute Gasteiger partial charge is 0.128 e. The minimum absolute atomic E-state index is 0.802. The number of nitrogens with zero attached hydrogens (tertiary/aromatic N) is 2. The molecule has 0 amide bonds. The third-order valence-corrected chi connectivity index (χ3v) is 3.59. The molecule has 3 heteroatoms. The first-order valence-corrected chi connectivity index (χ1v) is 6.67. The van der Waals surface area contributed by atoms with E-state index in [0.29, 0.717) is 0 Å². The fourth-order valence-electron chi connectivity index (χ4n) is 2.08. The maximum absolute atomic E-state index is 4.50. The van der Waals surface area contributed by atoms with Crippen molar-refractivity contribution in [2.45, 2.75) is 25.1 Å². The topological polar surface area (TPSA) is 16.1 Å². The van der Waals surface area contributed by atoms with Crippen molar-refractivity contribution in [1.29, 1.82) is 0 Å². The van der Waals surface area contributed by atoms with Crippen LogP contribution in [0.3, 0.4) is 0 Å². The lowest BCUT2D eigenvalue weighted by Crippen LogP contribution is -2.34. The molecule has 0 saturated carbocycles. The molecule has 1 aliphatic heterocycles. The van der Waals surface area contributed by atoms with Crippen molar-refractivity contribution in [2.75, 3.05) is 18.0 Å². The zero-order chi connectivity index (χ0) is 10.7. The van der Waals surface area contributed by atoms with Crippen LogP contribution in [0.2, 0.25) is 0 Å². The summed E-state index contributed by atoms with van der Waals surface area (Å²) in [5.74, 6) is 1.93. The molecule has 1 aliphatic rings. The molecule has 1 saturated heterocycles. The normalized spacial score (nSPS) is 21.7. The SMILES string of the molecule is CC1CCCN(c2ccc(CBr)cn2)C1. The number of piperidine rings is 1. The Balaban J connectivity index is 2.07. The highest BCUT2D eigenvalue weighted by atomic mass is 79.9. The summed E-state index contributed by atoms with van der Waals surface area (Å²) < 4.78 is 0. The van der Waals surface area contributed by atoms with E-state index in [1.807, 2.05) is 6.20 Å². The summed E-state index contributed by atoms with van der Waals surface area (Å²) in [7, 11) is 0. The standard InChI is InChI=1S/C12H17BrN2/c1-10-3-2-6-15(9-10)12-5-4-11(7-13)8-14-12/h4-5,8,10H,2-3,6-7,9H2,1H3. The van der Waals surface area contributed by atoms with Gasteiger partial charge in [0.1, 0.15) is 5.82 Å². The van der Waals surface area contributed by atoms with Gasteiger partial charge in [0, 0.05) is 24.6 Å². The number of pyridine rings is 1. The predicted octanol–water partition coefficient (Wildman–Crippen LogP) is 3.21. The number of aromatic nitrogens is 1. The Labute approximate surface area is 99.8 Å². The number of hydrogen-bond acceptors (Lipinski definition) is 2. The van der Waals surface area contributed by atoms with Crippen LogP contribution in [0.25, 0.3) is 0 Å². The van der Waals surface area contributed by atoms with E-state index in [0.717, 1.165) is 30.2 Å². The van der Waals surface area contributed by atoms with Crippen molar-refractivity contribution in [3.63, 3.8) is 0 Å². The number of alkyl halides is 1. The quantitative estimate of drug-likeness (QED) is 0.766. The third-order valence-electron chi connectivity index (χ3n) is 2.94. The van der Waals surface area contributed by atoms with Crippen molar-refractivity contribution in [2.24, 2.45) is 5.92 Å². The van der Waals surface area contributed by atoms with Crippen LogP contribution in [0.5, 0.6) is 0 Å². The summed E-state index contributed by atoms with van der Waals surface area (Å²) in [6.45, 7) is 4.63. The molecule has 0 aliphatic carbocycles. The summed E-state index contributed by atoms with van der Waals surface area (Å²) in [5.41, 5.74) is 1.24. The van der Waals surface area contributed by atoms with Gasteiger partial charge in [0.15, 0.2) is 0 Å². The van der Waals surface area contributed by atoms with Gasteiger partial charge in [-0.25, -0.2) is 4.98 Å². The molecule has 2 heterocycles. The van der Waals surface area contributed by atoms with E-state index in [2.05, 4.69) is 44.9 Å². The summed E-state index contributed by atoms with van der Waals surface area (Å²) in [5, 5.41) is 0.886. The van der Waals surface area contributed by atoms with Crippen molar-refractivity contribution >= 4 is 21.7 Å². The Hall–Kier alpha value is -0.570. The first-order valence-electron chi connectivity index (χ1n) is 5.55. The third kappa shape index (κ3) is 2.71. The van der Waals surface area contributed by atoms with Crippen LogP contribution in [0, 0.1) is 5.92 Å². The molecule has 0 N–H and O–H groups in total. The second-order valence-corrected chi connectivity index (χ2v) is 4.91. The van der Waals surface area contributed by atoms with Crippen LogP contribution in [-0.2, 0) is 5.33 Å². The second-order valence-electron chi connectivity index (χ2n) is 4.35. The molecule has 1 unspecified atom stereocenters. The Bertz CT molecular complexity index is 310. The maximum Gasteiger partial charge on any atom is 0.128 e. The minimum atomic E-state index is 0.802. The lowest BCUT2D eigenvalue weighted by Gasteiger charge is -2.31. The fourth-order valence-corrected chi connectivity index (χ4v) is 2.41. The van der Waals surface area contributed by atoms with E-state index >= 15 is 0 Å². The molecule has 0 bridgehead atoms. The second kappa shape index (κ2) is 4.97. The number of hydrogen-bond donors (Lipinski definition) is 0. The molecule has 15 heavy (non-hydrogen) atoms. The van der Waals surface area contributed by atoms with Crippen molar-refractivity contribution in [3.8, 4) is 0 Å². The molecule has 0 radical (unpaired) electrons. The zero-order valence-electron chi connectivity index (χ0n) is 9.12. The Morgan fingerprint density at radius 2 is 2.40 bits per heavy atom. The van der Waals surface area contributed by atoms with Gasteiger partial charge < -0.3 is 4.90 Å². The van der Waals surface area contributed by atoms with Gasteiger partial charge >= 0.3 is 0 Å². The van der Waals surface area contributed by atoms with Crippen molar-refractivity contribution in [1.82, 2.24) is 4.98 Å². The highest BCUT2D eigenvalue weighted by molar-refractivity contribution is 9.08. The highest BCUT2D eigenvalue weighted by Crippen LogP contribution is 2.21. The van der Waals surface area contributed by atoms with E-state index in [1.165, 1.54) is 18.4 Å². The molecular formula is C12H17BrN2. The predicted molar refractivity (Wildman–Crippen MR) is 67.5 cm³/mol. The molecule has 2 rings (SSSR count). The minimum Gasteiger partial charge on any atom is -0.356 e. The average Bonchev–Trinajstić information content (AvgIpc) is 2.29. The largest absolute Gasteiger partial charge is 0.356 e. The van der Waals surface area contributed by atoms with Crippen molar-refractivity contribution in [3.05, 3.63) is 23.9 Å². The molecule has 1 aromatic rings. The number of halogens is 1. The maximum atomic E-state index is 4.50. The van der Waals surface area contributed by atoms with E-state index in [-0.39, 0.29) is 0 Å². The summed E-state index contributed by atoms with van der Waals surface area (Å²) in [6.07, 6.45) is 4.61. The number of rotatable bonds is 2. The summed E-state index contributed by atoms with van der Waals surface area (Å²) in [6, 6.07) is 4.28. The van der Waals surface area contributed by atoms with Crippen LogP contribution in [0.4, 0.5) is 5.82 Å². The van der Waals surface area contributed by atoms with Crippen molar-refractivity contribution < 1.29 is 0 Å². The Kier molecular flexibility index (Phi) is 3.62. The number of anilines is 1. The first-order chi connectivity index (χ1) is 7.29. The zero-order valence-corrected chi connectivity index (χ0v) is 10.7. The van der Waals surface area contributed by atoms with Gasteiger partial charge in [-0.2, -0.15) is 0 Å². The van der Waals surface area contributed by atoms with Crippen LogP contribution in [0.1, 0.15) is 25.3 Å². The molecule has 1 fully saturated rings. The Morgan fingerprint density at radius 1 is 1.53 bits per heavy atom. The van der Waals surface area contributed by atoms with E-state index in [9.17, 15) is 0 Å². The lowest BCUT2D eigenvalue weighted by atomic mass is 10.0. The molecule has 1 atom stereocenters. The molecule has 0 spiro atoms. The summed E-state index contributed by atoms with van der Waals surface area (Å²) in [4.78, 5) is 6.90. The van der Waals surface area contributed by atoms with Crippen LogP contribution in [0.15, 0.2) is 18.3 Å². The van der Waals surface area contributed by atoms with E-state index in [1.54, 1.807) is 0 Å². The molecule has 1 aromatic heterocycles. The fraction of sp³-hybridized carbons (Fsp3) is 0.583. The van der Waals surface area contributed by atoms with Gasteiger partial charge in [-0.1, -0.05) is 28.9 Å². The summed E-state index contributed by atoms with van der Waals surface area (Å²) >= 11 is 3.43. The van der Waals surface area contributed by atoms with Gasteiger partial charge in [-0.3, -0.25) is 0 Å². The molecule has 2 nitrogen and oxygen atoms in total. The van der Waals surface area contributed by atoms with Gasteiger partial charge in [0.2, 0.25) is 0 Å². The van der Waals surface area contributed by atoms with Gasteiger partial charge in [0.25, 0.3) is 0 Å². The molecule has 0 aromatic carbocycles. The van der Waals surface area contributed by atoms with Crippen LogP contribution >= 0.6 is 15.9 Å². The van der Waals surface area contributed by atoms with E-state index < -0.39 is 0 Å². The van der Waals surface area contributed by atoms with Gasteiger partial charge in [-0.05, 0) is 30.4 Å². The average molecular weight is 269 g/mol. The van der Waals surface area contributed by atoms with E-state index in [4.69, 9.17) is 0 Å². The van der Waals surface area contributed by atoms with Gasteiger partial charge in [-0.15, -0.1) is 0 Å². The Morgan fingerprint density at radius 3 is 3.00 bits per heavy atom. The monoisotopic (exact) mass is 268 g/mol. The lowest BCUT2D eigenvalue weighted by molar-refractivity contribution is 0.444. The van der Waals surface area contributed by atoms with Gasteiger partial charge in [0.05, 0.1) is 0 Å². The highest BCUT2D eigenvalue weighted by Gasteiger charge is 2.16. The molecular weight excluding hydrogens is 252 g/mol.